The Labute approximate surface area is 63.6 Å². The molecule has 1 heterocycles. The highest BCUT2D eigenvalue weighted by molar-refractivity contribution is 4.91. The van der Waals surface area contributed by atoms with Crippen LogP contribution in [0.15, 0.2) is 0 Å². The normalized spacial score (nSPS) is 35.1. The Morgan fingerprint density at radius 1 is 1.60 bits per heavy atom. The summed E-state index contributed by atoms with van der Waals surface area (Å²) < 4.78 is 0. The molecule has 2 nitrogen and oxygen atoms in total. The van der Waals surface area contributed by atoms with Crippen molar-refractivity contribution < 1.29 is 0 Å². The third-order valence-corrected chi connectivity index (χ3v) is 2.60. The highest BCUT2D eigenvalue weighted by Gasteiger charge is 2.30. The van der Waals surface area contributed by atoms with Gasteiger partial charge in [-0.1, -0.05) is 6.92 Å². The molecule has 60 valence electrons. The third kappa shape index (κ3) is 1.50. The van der Waals surface area contributed by atoms with Crippen LogP contribution >= 0.6 is 0 Å². The van der Waals surface area contributed by atoms with Crippen LogP contribution < -0.4 is 5.32 Å². The van der Waals surface area contributed by atoms with Crippen LogP contribution in [0.3, 0.4) is 0 Å². The minimum atomic E-state index is 0.385. The van der Waals surface area contributed by atoms with Crippen LogP contribution in [0.25, 0.3) is 0 Å². The molecule has 0 amide bonds. The zero-order valence-corrected chi connectivity index (χ0v) is 7.28. The van der Waals surface area contributed by atoms with Crippen LogP contribution in [0.5, 0.6) is 0 Å². The van der Waals surface area contributed by atoms with Crippen molar-refractivity contribution in [2.45, 2.75) is 25.8 Å². The zero-order valence-electron chi connectivity index (χ0n) is 7.28. The smallest absolute Gasteiger partial charge is 0.0289 e. The molecule has 1 unspecified atom stereocenters. The van der Waals surface area contributed by atoms with Gasteiger partial charge in [-0.05, 0) is 33.5 Å². The van der Waals surface area contributed by atoms with Crippen molar-refractivity contribution in [2.24, 2.45) is 0 Å². The maximum Gasteiger partial charge on any atom is 0.0289 e. The second-order valence-corrected chi connectivity index (χ2v) is 3.43. The van der Waals surface area contributed by atoms with Crippen LogP contribution in [0.2, 0.25) is 0 Å². The Balaban J connectivity index is 2.41. The Morgan fingerprint density at radius 3 is 2.60 bits per heavy atom. The van der Waals surface area contributed by atoms with E-state index in [1.165, 1.54) is 26.1 Å². The molecule has 0 aromatic heterocycles. The lowest BCUT2D eigenvalue weighted by Gasteiger charge is -2.23. The van der Waals surface area contributed by atoms with E-state index in [0.717, 1.165) is 0 Å². The summed E-state index contributed by atoms with van der Waals surface area (Å²) in [6, 6.07) is 0. The van der Waals surface area contributed by atoms with E-state index >= 15 is 0 Å². The van der Waals surface area contributed by atoms with E-state index in [0.29, 0.717) is 5.54 Å². The number of hydrogen-bond donors (Lipinski definition) is 1. The van der Waals surface area contributed by atoms with Gasteiger partial charge in [-0.25, -0.2) is 0 Å². The molecule has 1 atom stereocenters. The van der Waals surface area contributed by atoms with Crippen molar-refractivity contribution in [2.75, 3.05) is 26.7 Å². The molecule has 1 N–H and O–H groups in total. The largest absolute Gasteiger partial charge is 0.313 e. The number of nitrogens with one attached hydrogen (secondary N) is 1. The van der Waals surface area contributed by atoms with Crippen molar-refractivity contribution in [3.05, 3.63) is 0 Å². The predicted octanol–water partition coefficient (Wildman–Crippen LogP) is 0.690. The summed E-state index contributed by atoms with van der Waals surface area (Å²) >= 11 is 0. The minimum Gasteiger partial charge on any atom is -0.313 e. The van der Waals surface area contributed by atoms with Gasteiger partial charge in [0.1, 0.15) is 0 Å². The van der Waals surface area contributed by atoms with Crippen LogP contribution in [0.4, 0.5) is 0 Å². The summed E-state index contributed by atoms with van der Waals surface area (Å²) in [5, 5.41) is 3.36. The third-order valence-electron chi connectivity index (χ3n) is 2.60. The summed E-state index contributed by atoms with van der Waals surface area (Å²) in [7, 11) is 2.05. The van der Waals surface area contributed by atoms with E-state index in [1.54, 1.807) is 0 Å². The van der Waals surface area contributed by atoms with E-state index in [-0.39, 0.29) is 0 Å². The Kier molecular flexibility index (Phi) is 2.32. The van der Waals surface area contributed by atoms with E-state index < -0.39 is 0 Å². The summed E-state index contributed by atoms with van der Waals surface area (Å²) in [5.74, 6) is 0. The molecule has 0 aromatic carbocycles. The van der Waals surface area contributed by atoms with Crippen LogP contribution in [0.1, 0.15) is 20.3 Å². The molecule has 2 heteroatoms. The standard InChI is InChI=1S/C8H18N2/c1-4-10-6-5-8(2,7-10)9-3/h9H,4-7H2,1-3H3. The Morgan fingerprint density at radius 2 is 2.30 bits per heavy atom. The lowest BCUT2D eigenvalue weighted by molar-refractivity contribution is 0.314. The van der Waals surface area contributed by atoms with Gasteiger partial charge < -0.3 is 10.2 Å². The fourth-order valence-corrected chi connectivity index (χ4v) is 1.53. The number of rotatable bonds is 2. The maximum atomic E-state index is 3.36. The molecule has 0 bridgehead atoms. The van der Waals surface area contributed by atoms with Crippen LogP contribution in [0, 0.1) is 0 Å². The molecule has 0 aliphatic carbocycles. The molecule has 10 heavy (non-hydrogen) atoms. The van der Waals surface area contributed by atoms with Gasteiger partial charge in [0.05, 0.1) is 0 Å². The van der Waals surface area contributed by atoms with E-state index in [1.807, 2.05) is 0 Å². The highest BCUT2D eigenvalue weighted by atomic mass is 15.2. The number of likely N-dealkylation sites (N-methyl/N-ethyl adjacent to an activating group) is 2. The van der Waals surface area contributed by atoms with Gasteiger partial charge in [0.2, 0.25) is 0 Å². The van der Waals surface area contributed by atoms with E-state index in [2.05, 4.69) is 31.1 Å². The van der Waals surface area contributed by atoms with E-state index in [4.69, 9.17) is 0 Å². The van der Waals surface area contributed by atoms with Crippen molar-refractivity contribution in [3.8, 4) is 0 Å². The minimum absolute atomic E-state index is 0.385. The van der Waals surface area contributed by atoms with Crippen LogP contribution in [-0.2, 0) is 0 Å². The van der Waals surface area contributed by atoms with Crippen molar-refractivity contribution in [3.63, 3.8) is 0 Å². The monoisotopic (exact) mass is 142 g/mol. The Bertz CT molecular complexity index is 114. The predicted molar refractivity (Wildman–Crippen MR) is 44.2 cm³/mol. The first kappa shape index (κ1) is 8.02. The van der Waals surface area contributed by atoms with Crippen molar-refractivity contribution in [1.82, 2.24) is 10.2 Å². The molecule has 1 saturated heterocycles. The Hall–Kier alpha value is -0.0800. The van der Waals surface area contributed by atoms with Gasteiger partial charge in [0.25, 0.3) is 0 Å². The summed E-state index contributed by atoms with van der Waals surface area (Å²) in [4.78, 5) is 2.48. The first-order chi connectivity index (χ1) is 4.70. The molecule has 0 saturated carbocycles. The fourth-order valence-electron chi connectivity index (χ4n) is 1.53. The van der Waals surface area contributed by atoms with Gasteiger partial charge in [-0.3, -0.25) is 0 Å². The molecule has 1 rings (SSSR count). The summed E-state index contributed by atoms with van der Waals surface area (Å²) in [5.41, 5.74) is 0.385. The average Bonchev–Trinajstić information content (AvgIpc) is 2.33. The average molecular weight is 142 g/mol. The molecule has 0 radical (unpaired) electrons. The SMILES string of the molecule is CCN1CCC(C)(NC)C1. The molecule has 1 aliphatic rings. The molecule has 1 aliphatic heterocycles. The van der Waals surface area contributed by atoms with Gasteiger partial charge in [-0.2, -0.15) is 0 Å². The molecule has 0 aromatic rings. The zero-order chi connectivity index (χ0) is 7.61. The van der Waals surface area contributed by atoms with Gasteiger partial charge in [-0.15, -0.1) is 0 Å². The molecular weight excluding hydrogens is 124 g/mol. The molecular formula is C8H18N2. The maximum absolute atomic E-state index is 3.36. The van der Waals surface area contributed by atoms with Crippen molar-refractivity contribution >= 4 is 0 Å². The summed E-state index contributed by atoms with van der Waals surface area (Å²) in [6.45, 7) is 8.18. The first-order valence-electron chi connectivity index (χ1n) is 4.11. The topological polar surface area (TPSA) is 15.3 Å². The second-order valence-electron chi connectivity index (χ2n) is 3.43. The quantitative estimate of drug-likeness (QED) is 0.610. The van der Waals surface area contributed by atoms with Gasteiger partial charge in [0.15, 0.2) is 0 Å². The van der Waals surface area contributed by atoms with Gasteiger partial charge in [0, 0.05) is 12.1 Å². The number of nitrogens with zero attached hydrogens (tertiary/aromatic N) is 1. The van der Waals surface area contributed by atoms with Crippen LogP contribution in [-0.4, -0.2) is 37.1 Å². The van der Waals surface area contributed by atoms with Crippen molar-refractivity contribution in [1.29, 1.82) is 0 Å². The first-order valence-corrected chi connectivity index (χ1v) is 4.11. The lowest BCUT2D eigenvalue weighted by atomic mass is 10.0. The highest BCUT2D eigenvalue weighted by Crippen LogP contribution is 2.18. The van der Waals surface area contributed by atoms with E-state index in [9.17, 15) is 0 Å². The molecule has 1 fully saturated rings. The lowest BCUT2D eigenvalue weighted by Crippen LogP contribution is -2.42. The van der Waals surface area contributed by atoms with Gasteiger partial charge >= 0.3 is 0 Å². The summed E-state index contributed by atoms with van der Waals surface area (Å²) in [6.07, 6.45) is 1.29. The second kappa shape index (κ2) is 2.89. The fraction of sp³-hybridized carbons (Fsp3) is 1.00. The number of hydrogen-bond acceptors (Lipinski definition) is 2. The molecule has 0 spiro atoms. The number of likely N-dealkylation sites (tertiary alicyclic amines) is 1.